The van der Waals surface area contributed by atoms with E-state index in [0.717, 1.165) is 0 Å². The number of hydrogen-bond donors (Lipinski definition) is 2. The lowest BCUT2D eigenvalue weighted by Crippen LogP contribution is -2.31. The minimum atomic E-state index is -1.09. The number of anilines is 1. The first-order chi connectivity index (χ1) is 7.63. The molecule has 7 heteroatoms. The number of carboxylic acid groups (broad SMARTS) is 1. The van der Waals surface area contributed by atoms with Gasteiger partial charge in [0.2, 0.25) is 0 Å². The molecular weight excluding hydrogens is 232 g/mol. The summed E-state index contributed by atoms with van der Waals surface area (Å²) < 4.78 is 0. The number of carboxylic acids is 1. The number of benzene rings is 1. The quantitative estimate of drug-likeness (QED) is 0.470. The molecule has 1 aromatic carbocycles. The summed E-state index contributed by atoms with van der Waals surface area (Å²) >= 11 is 5.74. The fourth-order valence-electron chi connectivity index (χ4n) is 1.08. The molecule has 1 atom stereocenters. The number of nitrogens with one attached hydrogen (secondary N) is 1. The van der Waals surface area contributed by atoms with Gasteiger partial charge in [0.05, 0.1) is 6.54 Å². The van der Waals surface area contributed by atoms with Gasteiger partial charge in [-0.25, -0.2) is 4.79 Å². The summed E-state index contributed by atoms with van der Waals surface area (Å²) in [5.74, 6) is -1.09. The third kappa shape index (κ3) is 3.68. The van der Waals surface area contributed by atoms with Crippen molar-refractivity contribution in [3.8, 4) is 0 Å². The molecule has 6 nitrogen and oxygen atoms in total. The van der Waals surface area contributed by atoms with Crippen LogP contribution in [0.25, 0.3) is 10.4 Å². The summed E-state index contributed by atoms with van der Waals surface area (Å²) in [6.45, 7) is -0.168. The average Bonchev–Trinajstić information content (AvgIpc) is 2.24. The Kier molecular flexibility index (Phi) is 4.44. The molecule has 0 heterocycles. The minimum absolute atomic E-state index is 0.168. The molecule has 1 aromatic rings. The first-order valence-electron chi connectivity index (χ1n) is 4.39. The number of halogens is 1. The van der Waals surface area contributed by atoms with E-state index in [4.69, 9.17) is 22.2 Å². The fourth-order valence-corrected chi connectivity index (χ4v) is 1.27. The lowest BCUT2D eigenvalue weighted by atomic mass is 10.2. The standard InChI is InChI=1S/C9H9ClN4O2/c10-6-2-1-3-7(4-6)13-8(9(15)16)5-12-14-11/h1-4,8,13H,5H2,(H,15,16). The van der Waals surface area contributed by atoms with Crippen LogP contribution in [0.5, 0.6) is 0 Å². The topological polar surface area (TPSA) is 98.1 Å². The van der Waals surface area contributed by atoms with Gasteiger partial charge in [-0.05, 0) is 23.7 Å². The van der Waals surface area contributed by atoms with Crippen LogP contribution in [0, 0.1) is 0 Å². The monoisotopic (exact) mass is 240 g/mol. The van der Waals surface area contributed by atoms with Crippen molar-refractivity contribution < 1.29 is 9.90 Å². The zero-order chi connectivity index (χ0) is 12.0. The molecule has 0 saturated carbocycles. The van der Waals surface area contributed by atoms with Crippen molar-refractivity contribution in [2.45, 2.75) is 6.04 Å². The predicted octanol–water partition coefficient (Wildman–Crippen LogP) is 2.52. The highest BCUT2D eigenvalue weighted by molar-refractivity contribution is 6.30. The molecular formula is C9H9ClN4O2. The molecule has 0 radical (unpaired) electrons. The molecule has 0 aromatic heterocycles. The third-order valence-corrected chi connectivity index (χ3v) is 2.03. The maximum atomic E-state index is 10.8. The summed E-state index contributed by atoms with van der Waals surface area (Å²) in [7, 11) is 0. The van der Waals surface area contributed by atoms with Crippen molar-refractivity contribution >= 4 is 23.3 Å². The normalized spacial score (nSPS) is 11.3. The maximum Gasteiger partial charge on any atom is 0.326 e. The van der Waals surface area contributed by atoms with E-state index in [1.54, 1.807) is 24.3 Å². The zero-order valence-electron chi connectivity index (χ0n) is 8.17. The van der Waals surface area contributed by atoms with Gasteiger partial charge in [0.1, 0.15) is 6.04 Å². The van der Waals surface area contributed by atoms with Gasteiger partial charge in [0.25, 0.3) is 0 Å². The number of hydrogen-bond acceptors (Lipinski definition) is 3. The van der Waals surface area contributed by atoms with Crippen LogP contribution in [0.4, 0.5) is 5.69 Å². The Morgan fingerprint density at radius 2 is 2.44 bits per heavy atom. The molecule has 0 amide bonds. The summed E-state index contributed by atoms with van der Waals surface area (Å²) in [5.41, 5.74) is 8.69. The molecule has 0 aliphatic heterocycles. The predicted molar refractivity (Wildman–Crippen MR) is 60.5 cm³/mol. The van der Waals surface area contributed by atoms with Gasteiger partial charge in [-0.2, -0.15) is 0 Å². The number of carbonyl (C=O) groups is 1. The van der Waals surface area contributed by atoms with Crippen molar-refractivity contribution in [3.05, 3.63) is 39.7 Å². The summed E-state index contributed by atoms with van der Waals surface area (Å²) in [5, 5.41) is 15.3. The van der Waals surface area contributed by atoms with Gasteiger partial charge in [0.15, 0.2) is 0 Å². The van der Waals surface area contributed by atoms with Gasteiger partial charge < -0.3 is 10.4 Å². The largest absolute Gasteiger partial charge is 0.480 e. The Labute approximate surface area is 96.5 Å². The molecule has 0 fully saturated rings. The van der Waals surface area contributed by atoms with Gasteiger partial charge in [-0.15, -0.1) is 0 Å². The highest BCUT2D eigenvalue weighted by atomic mass is 35.5. The van der Waals surface area contributed by atoms with Crippen molar-refractivity contribution in [1.29, 1.82) is 0 Å². The second kappa shape index (κ2) is 5.85. The van der Waals surface area contributed by atoms with Crippen LogP contribution in [0.1, 0.15) is 0 Å². The molecule has 0 spiro atoms. The van der Waals surface area contributed by atoms with Crippen LogP contribution in [0.15, 0.2) is 29.4 Å². The lowest BCUT2D eigenvalue weighted by molar-refractivity contribution is -0.137. The van der Waals surface area contributed by atoms with Gasteiger partial charge >= 0.3 is 5.97 Å². The summed E-state index contributed by atoms with van der Waals surface area (Å²) in [4.78, 5) is 13.3. The van der Waals surface area contributed by atoms with Gasteiger partial charge in [-0.3, -0.25) is 0 Å². The molecule has 0 aliphatic carbocycles. The minimum Gasteiger partial charge on any atom is -0.480 e. The van der Waals surface area contributed by atoms with Crippen LogP contribution >= 0.6 is 11.6 Å². The molecule has 1 unspecified atom stereocenters. The van der Waals surface area contributed by atoms with E-state index in [-0.39, 0.29) is 6.54 Å². The van der Waals surface area contributed by atoms with Crippen LogP contribution in [-0.2, 0) is 4.79 Å². The van der Waals surface area contributed by atoms with Crippen molar-refractivity contribution in [2.24, 2.45) is 5.11 Å². The van der Waals surface area contributed by atoms with E-state index in [1.807, 2.05) is 0 Å². The number of rotatable bonds is 5. The van der Waals surface area contributed by atoms with Crippen molar-refractivity contribution in [3.63, 3.8) is 0 Å². The SMILES string of the molecule is [N-]=[N+]=NCC(Nc1cccc(Cl)c1)C(=O)O. The molecule has 1 rings (SSSR count). The van der Waals surface area contributed by atoms with E-state index in [1.165, 1.54) is 0 Å². The van der Waals surface area contributed by atoms with Crippen molar-refractivity contribution in [1.82, 2.24) is 0 Å². The first kappa shape index (κ1) is 12.2. The van der Waals surface area contributed by atoms with Gasteiger partial charge in [-0.1, -0.05) is 22.8 Å². The van der Waals surface area contributed by atoms with Crippen LogP contribution in [-0.4, -0.2) is 23.7 Å². The average molecular weight is 241 g/mol. The molecule has 0 aliphatic rings. The molecule has 0 bridgehead atoms. The molecule has 0 saturated heterocycles. The van der Waals surface area contributed by atoms with E-state index in [9.17, 15) is 4.79 Å². The Balaban J connectivity index is 2.75. The van der Waals surface area contributed by atoms with Crippen LogP contribution in [0.2, 0.25) is 5.02 Å². The number of nitrogens with zero attached hydrogens (tertiary/aromatic N) is 3. The first-order valence-corrected chi connectivity index (χ1v) is 4.77. The summed E-state index contributed by atoms with van der Waals surface area (Å²) in [6.07, 6.45) is 0. The Morgan fingerprint density at radius 1 is 1.69 bits per heavy atom. The van der Waals surface area contributed by atoms with E-state index < -0.39 is 12.0 Å². The van der Waals surface area contributed by atoms with E-state index >= 15 is 0 Å². The Hall–Kier alpha value is -1.91. The van der Waals surface area contributed by atoms with E-state index in [0.29, 0.717) is 10.7 Å². The van der Waals surface area contributed by atoms with E-state index in [2.05, 4.69) is 15.3 Å². The fraction of sp³-hybridized carbons (Fsp3) is 0.222. The Bertz CT molecular complexity index is 431. The van der Waals surface area contributed by atoms with Crippen LogP contribution < -0.4 is 5.32 Å². The maximum absolute atomic E-state index is 10.8. The second-order valence-electron chi connectivity index (χ2n) is 2.96. The zero-order valence-corrected chi connectivity index (χ0v) is 8.92. The number of azide groups is 1. The summed E-state index contributed by atoms with van der Waals surface area (Å²) in [6, 6.07) is 5.67. The molecule has 16 heavy (non-hydrogen) atoms. The van der Waals surface area contributed by atoms with Gasteiger partial charge in [0, 0.05) is 15.6 Å². The van der Waals surface area contributed by atoms with Crippen LogP contribution in [0.3, 0.4) is 0 Å². The Morgan fingerprint density at radius 3 is 3.00 bits per heavy atom. The lowest BCUT2D eigenvalue weighted by Gasteiger charge is -2.13. The molecule has 2 N–H and O–H groups in total. The highest BCUT2D eigenvalue weighted by Gasteiger charge is 2.15. The third-order valence-electron chi connectivity index (χ3n) is 1.79. The van der Waals surface area contributed by atoms with Crippen molar-refractivity contribution in [2.75, 3.05) is 11.9 Å². The molecule has 84 valence electrons. The number of aliphatic carboxylic acids is 1. The second-order valence-corrected chi connectivity index (χ2v) is 3.40. The highest BCUT2D eigenvalue weighted by Crippen LogP contribution is 2.15. The smallest absolute Gasteiger partial charge is 0.326 e.